The van der Waals surface area contributed by atoms with Gasteiger partial charge in [-0.3, -0.25) is 0 Å². The second-order valence-corrected chi connectivity index (χ2v) is 4.20. The highest BCUT2D eigenvalue weighted by atomic mass is 15.2. The van der Waals surface area contributed by atoms with Gasteiger partial charge in [-0.05, 0) is 18.4 Å². The Morgan fingerprint density at radius 3 is 2.39 bits per heavy atom. The van der Waals surface area contributed by atoms with E-state index in [-0.39, 0.29) is 5.95 Å². The van der Waals surface area contributed by atoms with Crippen LogP contribution in [0.5, 0.6) is 0 Å². The molecule has 0 aliphatic carbocycles. The number of anilines is 2. The van der Waals surface area contributed by atoms with Crippen LogP contribution in [-0.2, 0) is 6.42 Å². The largest absolute Gasteiger partial charge is 0.382 e. The molecule has 0 spiro atoms. The van der Waals surface area contributed by atoms with Gasteiger partial charge in [0, 0.05) is 5.56 Å². The molecule has 1 heterocycles. The van der Waals surface area contributed by atoms with Crippen LogP contribution in [0.1, 0.15) is 25.3 Å². The van der Waals surface area contributed by atoms with Crippen LogP contribution in [0.2, 0.25) is 0 Å². The molecule has 0 amide bonds. The molecule has 0 bridgehead atoms. The van der Waals surface area contributed by atoms with Crippen LogP contribution in [0, 0.1) is 0 Å². The third kappa shape index (κ3) is 2.74. The maximum Gasteiger partial charge on any atom is 0.242 e. The first-order valence-corrected chi connectivity index (χ1v) is 6.05. The monoisotopic (exact) mass is 243 g/mol. The number of hydrogen-bond acceptors (Lipinski definition) is 5. The Hall–Kier alpha value is -2.17. The minimum atomic E-state index is 0.0933. The van der Waals surface area contributed by atoms with Gasteiger partial charge in [-0.1, -0.05) is 37.6 Å². The molecule has 1 aromatic carbocycles. The van der Waals surface area contributed by atoms with Gasteiger partial charge in [-0.25, -0.2) is 0 Å². The van der Waals surface area contributed by atoms with E-state index in [4.69, 9.17) is 11.5 Å². The van der Waals surface area contributed by atoms with Crippen LogP contribution in [0.25, 0.3) is 11.3 Å². The van der Waals surface area contributed by atoms with E-state index in [1.165, 1.54) is 18.4 Å². The molecule has 94 valence electrons. The van der Waals surface area contributed by atoms with Crippen molar-refractivity contribution in [1.82, 2.24) is 15.2 Å². The second kappa shape index (κ2) is 5.44. The van der Waals surface area contributed by atoms with Crippen LogP contribution in [0.3, 0.4) is 0 Å². The molecule has 0 saturated carbocycles. The van der Waals surface area contributed by atoms with Gasteiger partial charge in [0.1, 0.15) is 5.69 Å². The summed E-state index contributed by atoms with van der Waals surface area (Å²) in [5, 5.41) is 7.70. The predicted molar refractivity (Wildman–Crippen MR) is 72.7 cm³/mol. The average Bonchev–Trinajstić information content (AvgIpc) is 2.37. The molecule has 0 atom stereocenters. The molecular formula is C13H17N5. The van der Waals surface area contributed by atoms with E-state index in [1.807, 2.05) is 12.1 Å². The fraction of sp³-hybridized carbons (Fsp3) is 0.308. The van der Waals surface area contributed by atoms with Gasteiger partial charge in [-0.15, -0.1) is 10.2 Å². The van der Waals surface area contributed by atoms with Crippen molar-refractivity contribution in [2.24, 2.45) is 0 Å². The SMILES string of the molecule is CCCCc1ccc(-c2nnc(N)nc2N)cc1. The number of aryl methyl sites for hydroxylation is 1. The lowest BCUT2D eigenvalue weighted by atomic mass is 10.0. The zero-order valence-electron chi connectivity index (χ0n) is 10.4. The maximum atomic E-state index is 5.78. The Morgan fingerprint density at radius 1 is 1.06 bits per heavy atom. The van der Waals surface area contributed by atoms with E-state index < -0.39 is 0 Å². The fourth-order valence-electron chi connectivity index (χ4n) is 1.77. The number of benzene rings is 1. The first kappa shape index (κ1) is 12.3. The Bertz CT molecular complexity index is 521. The molecular weight excluding hydrogens is 226 g/mol. The molecule has 18 heavy (non-hydrogen) atoms. The summed E-state index contributed by atoms with van der Waals surface area (Å²) in [6.07, 6.45) is 3.49. The predicted octanol–water partition coefficient (Wildman–Crippen LogP) is 2.05. The second-order valence-electron chi connectivity index (χ2n) is 4.20. The Kier molecular flexibility index (Phi) is 3.72. The quantitative estimate of drug-likeness (QED) is 0.857. The van der Waals surface area contributed by atoms with Crippen molar-refractivity contribution in [3.8, 4) is 11.3 Å². The first-order valence-electron chi connectivity index (χ1n) is 6.05. The van der Waals surface area contributed by atoms with Gasteiger partial charge in [-0.2, -0.15) is 4.98 Å². The van der Waals surface area contributed by atoms with Crippen LogP contribution in [-0.4, -0.2) is 15.2 Å². The summed E-state index contributed by atoms with van der Waals surface area (Å²) in [6, 6.07) is 8.15. The summed E-state index contributed by atoms with van der Waals surface area (Å²) in [4.78, 5) is 3.90. The van der Waals surface area contributed by atoms with E-state index in [9.17, 15) is 0 Å². The molecule has 4 N–H and O–H groups in total. The van der Waals surface area contributed by atoms with E-state index >= 15 is 0 Å². The van der Waals surface area contributed by atoms with Crippen molar-refractivity contribution in [1.29, 1.82) is 0 Å². The summed E-state index contributed by atoms with van der Waals surface area (Å²) in [7, 11) is 0. The topological polar surface area (TPSA) is 90.7 Å². The third-order valence-electron chi connectivity index (χ3n) is 2.78. The number of unbranched alkanes of at least 4 members (excludes halogenated alkanes) is 1. The van der Waals surface area contributed by atoms with Crippen molar-refractivity contribution < 1.29 is 0 Å². The fourth-order valence-corrected chi connectivity index (χ4v) is 1.77. The zero-order chi connectivity index (χ0) is 13.0. The first-order chi connectivity index (χ1) is 8.70. The highest BCUT2D eigenvalue weighted by Crippen LogP contribution is 2.22. The summed E-state index contributed by atoms with van der Waals surface area (Å²) >= 11 is 0. The minimum Gasteiger partial charge on any atom is -0.382 e. The van der Waals surface area contributed by atoms with Gasteiger partial charge in [0.2, 0.25) is 5.95 Å². The molecule has 5 heteroatoms. The standard InChI is InChI=1S/C13H17N5/c1-2-3-4-9-5-7-10(8-6-9)11-12(14)16-13(15)18-17-11/h5-8H,2-4H2,1H3,(H4,14,15,16,18). The smallest absolute Gasteiger partial charge is 0.242 e. The highest BCUT2D eigenvalue weighted by Gasteiger charge is 2.07. The molecule has 0 saturated heterocycles. The lowest BCUT2D eigenvalue weighted by Gasteiger charge is -2.05. The van der Waals surface area contributed by atoms with E-state index in [0.717, 1.165) is 12.0 Å². The van der Waals surface area contributed by atoms with Gasteiger partial charge >= 0.3 is 0 Å². The Morgan fingerprint density at radius 2 is 1.78 bits per heavy atom. The summed E-state index contributed by atoms with van der Waals surface area (Å²) in [6.45, 7) is 2.19. The third-order valence-corrected chi connectivity index (χ3v) is 2.78. The van der Waals surface area contributed by atoms with Crippen molar-refractivity contribution in [2.45, 2.75) is 26.2 Å². The number of rotatable bonds is 4. The maximum absolute atomic E-state index is 5.78. The van der Waals surface area contributed by atoms with E-state index in [2.05, 4.69) is 34.2 Å². The lowest BCUT2D eigenvalue weighted by molar-refractivity contribution is 0.795. The molecule has 0 radical (unpaired) electrons. The molecule has 5 nitrogen and oxygen atoms in total. The van der Waals surface area contributed by atoms with Gasteiger partial charge in [0.25, 0.3) is 0 Å². The summed E-state index contributed by atoms with van der Waals surface area (Å²) in [5.74, 6) is 0.402. The zero-order valence-corrected chi connectivity index (χ0v) is 10.4. The van der Waals surface area contributed by atoms with E-state index in [1.54, 1.807) is 0 Å². The average molecular weight is 243 g/mol. The molecule has 2 aromatic rings. The number of nitrogen functional groups attached to an aromatic ring is 2. The highest BCUT2D eigenvalue weighted by molar-refractivity contribution is 5.69. The number of nitrogens with zero attached hydrogens (tertiary/aromatic N) is 3. The molecule has 0 unspecified atom stereocenters. The minimum absolute atomic E-state index is 0.0933. The van der Waals surface area contributed by atoms with Gasteiger partial charge < -0.3 is 11.5 Å². The molecule has 0 fully saturated rings. The van der Waals surface area contributed by atoms with Crippen LogP contribution in [0.4, 0.5) is 11.8 Å². The summed E-state index contributed by atoms with van der Waals surface area (Å²) < 4.78 is 0. The van der Waals surface area contributed by atoms with Crippen molar-refractivity contribution >= 4 is 11.8 Å². The number of hydrogen-bond donors (Lipinski definition) is 2. The Labute approximate surface area is 106 Å². The number of nitrogens with two attached hydrogens (primary N) is 2. The summed E-state index contributed by atoms with van der Waals surface area (Å²) in [5.41, 5.74) is 14.0. The van der Waals surface area contributed by atoms with Crippen molar-refractivity contribution in [3.63, 3.8) is 0 Å². The molecule has 0 aliphatic heterocycles. The van der Waals surface area contributed by atoms with Gasteiger partial charge in [0.15, 0.2) is 5.82 Å². The molecule has 2 rings (SSSR count). The lowest BCUT2D eigenvalue weighted by Crippen LogP contribution is -2.04. The van der Waals surface area contributed by atoms with Crippen LogP contribution >= 0.6 is 0 Å². The van der Waals surface area contributed by atoms with E-state index in [0.29, 0.717) is 11.5 Å². The molecule has 1 aromatic heterocycles. The molecule has 0 aliphatic rings. The van der Waals surface area contributed by atoms with Crippen LogP contribution in [0.15, 0.2) is 24.3 Å². The van der Waals surface area contributed by atoms with Gasteiger partial charge in [0.05, 0.1) is 0 Å². The van der Waals surface area contributed by atoms with Crippen molar-refractivity contribution in [3.05, 3.63) is 29.8 Å². The van der Waals surface area contributed by atoms with Crippen LogP contribution < -0.4 is 11.5 Å². The number of aromatic nitrogens is 3. The van der Waals surface area contributed by atoms with Crippen molar-refractivity contribution in [2.75, 3.05) is 11.5 Å². The Balaban J connectivity index is 2.23. The normalized spacial score (nSPS) is 10.5.